The molecule has 18 heavy (non-hydrogen) atoms. The predicted octanol–water partition coefficient (Wildman–Crippen LogP) is 1.35. The molecule has 0 aliphatic heterocycles. The highest BCUT2D eigenvalue weighted by Gasteiger charge is 2.12. The highest BCUT2D eigenvalue weighted by atomic mass is 16.3. The van der Waals surface area contributed by atoms with Crippen LogP contribution in [-0.2, 0) is 6.54 Å². The van der Waals surface area contributed by atoms with Crippen molar-refractivity contribution in [3.63, 3.8) is 0 Å². The molecule has 0 aromatic carbocycles. The summed E-state index contributed by atoms with van der Waals surface area (Å²) in [5.74, 6) is 0.222. The van der Waals surface area contributed by atoms with E-state index in [1.165, 1.54) is 0 Å². The third-order valence-corrected chi connectivity index (χ3v) is 2.91. The SMILES string of the molecule is CCn1nc(C)cc1C(=O)NCCCC(C)CO. The number of hydrogen-bond acceptors (Lipinski definition) is 3. The maximum absolute atomic E-state index is 11.9. The van der Waals surface area contributed by atoms with Crippen molar-refractivity contribution in [1.29, 1.82) is 0 Å². The van der Waals surface area contributed by atoms with Crippen LogP contribution in [0.1, 0.15) is 42.9 Å². The third-order valence-electron chi connectivity index (χ3n) is 2.91. The largest absolute Gasteiger partial charge is 0.396 e. The van der Waals surface area contributed by atoms with E-state index in [2.05, 4.69) is 10.4 Å². The lowest BCUT2D eigenvalue weighted by Crippen LogP contribution is -2.27. The summed E-state index contributed by atoms with van der Waals surface area (Å²) in [7, 11) is 0. The molecule has 1 heterocycles. The first-order valence-corrected chi connectivity index (χ1v) is 6.52. The molecule has 0 fully saturated rings. The van der Waals surface area contributed by atoms with E-state index in [4.69, 9.17) is 5.11 Å². The molecular weight excluding hydrogens is 230 g/mol. The van der Waals surface area contributed by atoms with Gasteiger partial charge in [0, 0.05) is 19.7 Å². The van der Waals surface area contributed by atoms with Gasteiger partial charge in [0.1, 0.15) is 5.69 Å². The van der Waals surface area contributed by atoms with E-state index in [0.29, 0.717) is 24.7 Å². The Bertz CT molecular complexity index is 388. The van der Waals surface area contributed by atoms with Crippen LogP contribution in [0.2, 0.25) is 0 Å². The van der Waals surface area contributed by atoms with Gasteiger partial charge in [-0.1, -0.05) is 6.92 Å². The molecule has 0 saturated heterocycles. The fourth-order valence-corrected chi connectivity index (χ4v) is 1.80. The number of nitrogens with zero attached hydrogens (tertiary/aromatic N) is 2. The fourth-order valence-electron chi connectivity index (χ4n) is 1.80. The van der Waals surface area contributed by atoms with Crippen LogP contribution in [0.25, 0.3) is 0 Å². The highest BCUT2D eigenvalue weighted by Crippen LogP contribution is 2.05. The average molecular weight is 253 g/mol. The molecule has 5 heteroatoms. The van der Waals surface area contributed by atoms with E-state index in [1.807, 2.05) is 20.8 Å². The fraction of sp³-hybridized carbons (Fsp3) is 0.692. The summed E-state index contributed by atoms with van der Waals surface area (Å²) in [6.07, 6.45) is 1.80. The van der Waals surface area contributed by atoms with Gasteiger partial charge in [-0.3, -0.25) is 9.48 Å². The first-order valence-electron chi connectivity index (χ1n) is 6.52. The van der Waals surface area contributed by atoms with Gasteiger partial charge in [0.15, 0.2) is 0 Å². The topological polar surface area (TPSA) is 67.2 Å². The average Bonchev–Trinajstić information content (AvgIpc) is 2.75. The standard InChI is InChI=1S/C13H23N3O2/c1-4-16-12(8-11(3)15-16)13(18)14-7-5-6-10(2)9-17/h8,10,17H,4-7,9H2,1-3H3,(H,14,18). The van der Waals surface area contributed by atoms with Crippen LogP contribution in [0.15, 0.2) is 6.07 Å². The number of hydrogen-bond donors (Lipinski definition) is 2. The Morgan fingerprint density at radius 2 is 2.33 bits per heavy atom. The van der Waals surface area contributed by atoms with Gasteiger partial charge >= 0.3 is 0 Å². The number of carbonyl (C=O) groups excluding carboxylic acids is 1. The molecule has 0 saturated carbocycles. The van der Waals surface area contributed by atoms with Crippen LogP contribution in [0.4, 0.5) is 0 Å². The normalized spacial score (nSPS) is 12.4. The number of aryl methyl sites for hydroxylation is 2. The van der Waals surface area contributed by atoms with E-state index in [0.717, 1.165) is 18.5 Å². The zero-order chi connectivity index (χ0) is 13.5. The van der Waals surface area contributed by atoms with E-state index in [9.17, 15) is 4.79 Å². The minimum atomic E-state index is -0.0749. The second kappa shape index (κ2) is 7.16. The van der Waals surface area contributed by atoms with Crippen molar-refractivity contribution in [2.24, 2.45) is 5.92 Å². The van der Waals surface area contributed by atoms with Crippen molar-refractivity contribution >= 4 is 5.91 Å². The Morgan fingerprint density at radius 3 is 2.94 bits per heavy atom. The van der Waals surface area contributed by atoms with Crippen molar-refractivity contribution in [1.82, 2.24) is 15.1 Å². The second-order valence-corrected chi connectivity index (χ2v) is 4.67. The molecule has 0 spiro atoms. The molecule has 0 bridgehead atoms. The van der Waals surface area contributed by atoms with Crippen LogP contribution in [-0.4, -0.2) is 33.9 Å². The van der Waals surface area contributed by atoms with E-state index in [1.54, 1.807) is 10.7 Å². The summed E-state index contributed by atoms with van der Waals surface area (Å²) < 4.78 is 1.71. The Balaban J connectivity index is 2.40. The van der Waals surface area contributed by atoms with Crippen molar-refractivity contribution in [3.8, 4) is 0 Å². The molecule has 0 aliphatic rings. The Labute approximate surface area is 108 Å². The minimum absolute atomic E-state index is 0.0749. The lowest BCUT2D eigenvalue weighted by atomic mass is 10.1. The van der Waals surface area contributed by atoms with Crippen LogP contribution in [0.3, 0.4) is 0 Å². The highest BCUT2D eigenvalue weighted by molar-refractivity contribution is 5.92. The quantitative estimate of drug-likeness (QED) is 0.721. The number of aliphatic hydroxyl groups excluding tert-OH is 1. The van der Waals surface area contributed by atoms with Crippen molar-refractivity contribution in [2.45, 2.75) is 40.2 Å². The molecule has 1 rings (SSSR count). The lowest BCUT2D eigenvalue weighted by Gasteiger charge is -2.09. The van der Waals surface area contributed by atoms with Crippen LogP contribution >= 0.6 is 0 Å². The van der Waals surface area contributed by atoms with E-state index in [-0.39, 0.29) is 12.5 Å². The minimum Gasteiger partial charge on any atom is -0.396 e. The molecular formula is C13H23N3O2. The molecule has 0 radical (unpaired) electrons. The smallest absolute Gasteiger partial charge is 0.269 e. The maximum atomic E-state index is 11.9. The van der Waals surface area contributed by atoms with Crippen LogP contribution in [0.5, 0.6) is 0 Å². The number of rotatable bonds is 7. The Hall–Kier alpha value is -1.36. The van der Waals surface area contributed by atoms with Gasteiger partial charge in [0.25, 0.3) is 5.91 Å². The van der Waals surface area contributed by atoms with E-state index < -0.39 is 0 Å². The number of aromatic nitrogens is 2. The molecule has 5 nitrogen and oxygen atoms in total. The van der Waals surface area contributed by atoms with Crippen molar-refractivity contribution < 1.29 is 9.90 Å². The molecule has 0 aliphatic carbocycles. The first-order chi connectivity index (χ1) is 8.58. The molecule has 102 valence electrons. The van der Waals surface area contributed by atoms with Gasteiger partial charge in [-0.05, 0) is 38.7 Å². The number of nitrogens with one attached hydrogen (secondary N) is 1. The monoisotopic (exact) mass is 253 g/mol. The molecule has 1 atom stereocenters. The number of amides is 1. The summed E-state index contributed by atoms with van der Waals surface area (Å²) in [6, 6.07) is 1.80. The van der Waals surface area contributed by atoms with Gasteiger partial charge < -0.3 is 10.4 Å². The van der Waals surface area contributed by atoms with Crippen LogP contribution in [0, 0.1) is 12.8 Å². The summed E-state index contributed by atoms with van der Waals surface area (Å²) in [4.78, 5) is 11.9. The number of aliphatic hydroxyl groups is 1. The number of carbonyl (C=O) groups is 1. The van der Waals surface area contributed by atoms with Crippen LogP contribution < -0.4 is 5.32 Å². The van der Waals surface area contributed by atoms with Gasteiger partial charge in [-0.15, -0.1) is 0 Å². The second-order valence-electron chi connectivity index (χ2n) is 4.67. The summed E-state index contributed by atoms with van der Waals surface area (Å²) >= 11 is 0. The summed E-state index contributed by atoms with van der Waals surface area (Å²) in [5.41, 5.74) is 1.47. The van der Waals surface area contributed by atoms with Gasteiger partial charge in [0.2, 0.25) is 0 Å². The van der Waals surface area contributed by atoms with Crippen molar-refractivity contribution in [3.05, 3.63) is 17.5 Å². The molecule has 2 N–H and O–H groups in total. The molecule has 1 unspecified atom stereocenters. The summed E-state index contributed by atoms with van der Waals surface area (Å²) in [5, 5.41) is 16.0. The third kappa shape index (κ3) is 4.14. The van der Waals surface area contributed by atoms with E-state index >= 15 is 0 Å². The molecule has 1 aromatic heterocycles. The molecule has 1 amide bonds. The summed E-state index contributed by atoms with van der Waals surface area (Å²) in [6.45, 7) is 7.38. The van der Waals surface area contributed by atoms with Crippen molar-refractivity contribution in [2.75, 3.05) is 13.2 Å². The maximum Gasteiger partial charge on any atom is 0.269 e. The Morgan fingerprint density at radius 1 is 1.61 bits per heavy atom. The van der Waals surface area contributed by atoms with Gasteiger partial charge in [-0.25, -0.2) is 0 Å². The molecule has 1 aromatic rings. The van der Waals surface area contributed by atoms with Gasteiger partial charge in [-0.2, -0.15) is 5.10 Å². The lowest BCUT2D eigenvalue weighted by molar-refractivity contribution is 0.0941. The van der Waals surface area contributed by atoms with Gasteiger partial charge in [0.05, 0.1) is 5.69 Å². The zero-order valence-electron chi connectivity index (χ0n) is 11.4. The predicted molar refractivity (Wildman–Crippen MR) is 70.5 cm³/mol. The zero-order valence-corrected chi connectivity index (χ0v) is 11.4. The Kier molecular flexibility index (Phi) is 5.85. The first kappa shape index (κ1) is 14.7.